The van der Waals surface area contributed by atoms with Crippen LogP contribution in [0, 0.1) is 12.3 Å². The van der Waals surface area contributed by atoms with Gasteiger partial charge in [0.2, 0.25) is 5.91 Å². The van der Waals surface area contributed by atoms with Crippen LogP contribution in [0.5, 0.6) is 0 Å². The lowest BCUT2D eigenvalue weighted by molar-refractivity contribution is -0.121. The molecule has 0 fully saturated rings. The Morgan fingerprint density at radius 2 is 2.12 bits per heavy atom. The van der Waals surface area contributed by atoms with Crippen molar-refractivity contribution in [2.24, 2.45) is 5.41 Å². The number of amides is 1. The number of nitrogens with zero attached hydrogens (tertiary/aromatic N) is 1. The first-order valence-electron chi connectivity index (χ1n) is 8.18. The van der Waals surface area contributed by atoms with E-state index in [9.17, 15) is 9.90 Å². The average molecular weight is 346 g/mol. The number of hydrogen-bond acceptors (Lipinski definition) is 4. The van der Waals surface area contributed by atoms with Crippen LogP contribution >= 0.6 is 11.3 Å². The fraction of sp³-hybridized carbons (Fsp3) is 0.474. The molecule has 2 rings (SSSR count). The number of aryl methyl sites for hydroxylation is 1. The second-order valence-corrected chi connectivity index (χ2v) is 8.26. The van der Waals surface area contributed by atoms with Crippen LogP contribution in [0.15, 0.2) is 29.6 Å². The van der Waals surface area contributed by atoms with Crippen LogP contribution < -0.4 is 5.32 Å². The van der Waals surface area contributed by atoms with Gasteiger partial charge in [-0.05, 0) is 24.8 Å². The summed E-state index contributed by atoms with van der Waals surface area (Å²) >= 11 is 1.55. The number of nitrogens with one attached hydrogen (secondary N) is 1. The monoisotopic (exact) mass is 346 g/mol. The SMILES string of the molecule is Cc1cccc(-c2nc(CC(=O)NC(CO)CC(C)(C)C)cs2)c1. The first kappa shape index (κ1) is 18.6. The van der Waals surface area contributed by atoms with Gasteiger partial charge in [0.15, 0.2) is 0 Å². The van der Waals surface area contributed by atoms with Gasteiger partial charge in [-0.15, -0.1) is 11.3 Å². The average Bonchev–Trinajstić information content (AvgIpc) is 2.93. The number of benzene rings is 1. The Bertz CT molecular complexity index is 689. The Morgan fingerprint density at radius 3 is 2.75 bits per heavy atom. The Hall–Kier alpha value is -1.72. The smallest absolute Gasteiger partial charge is 0.226 e. The van der Waals surface area contributed by atoms with Crippen molar-refractivity contribution in [2.45, 2.75) is 46.6 Å². The van der Waals surface area contributed by atoms with E-state index in [2.05, 4.69) is 50.1 Å². The van der Waals surface area contributed by atoms with Crippen molar-refractivity contribution in [1.82, 2.24) is 10.3 Å². The maximum absolute atomic E-state index is 12.2. The Labute approximate surface area is 148 Å². The van der Waals surface area contributed by atoms with Crippen LogP contribution in [0.25, 0.3) is 10.6 Å². The summed E-state index contributed by atoms with van der Waals surface area (Å²) in [7, 11) is 0. The zero-order valence-electron chi connectivity index (χ0n) is 14.8. The number of aliphatic hydroxyl groups is 1. The van der Waals surface area contributed by atoms with Gasteiger partial charge < -0.3 is 10.4 Å². The third kappa shape index (κ3) is 5.73. The molecule has 0 aliphatic carbocycles. The van der Waals surface area contributed by atoms with E-state index in [4.69, 9.17) is 0 Å². The van der Waals surface area contributed by atoms with Crippen LogP contribution in [-0.4, -0.2) is 28.6 Å². The molecule has 1 atom stereocenters. The van der Waals surface area contributed by atoms with Crippen molar-refractivity contribution in [2.75, 3.05) is 6.61 Å². The Balaban J connectivity index is 1.97. The number of aliphatic hydroxyl groups excluding tert-OH is 1. The molecule has 0 spiro atoms. The van der Waals surface area contributed by atoms with Crippen molar-refractivity contribution in [3.63, 3.8) is 0 Å². The van der Waals surface area contributed by atoms with Crippen molar-refractivity contribution < 1.29 is 9.90 Å². The van der Waals surface area contributed by atoms with E-state index in [1.54, 1.807) is 11.3 Å². The topological polar surface area (TPSA) is 62.2 Å². The van der Waals surface area contributed by atoms with Gasteiger partial charge in [0.1, 0.15) is 5.01 Å². The fourth-order valence-electron chi connectivity index (χ4n) is 2.64. The molecule has 4 nitrogen and oxygen atoms in total. The van der Waals surface area contributed by atoms with E-state index >= 15 is 0 Å². The van der Waals surface area contributed by atoms with Crippen LogP contribution in [0.3, 0.4) is 0 Å². The molecule has 130 valence electrons. The molecule has 1 aromatic carbocycles. The van der Waals surface area contributed by atoms with Gasteiger partial charge in [0.25, 0.3) is 0 Å². The van der Waals surface area contributed by atoms with Crippen LogP contribution in [0.1, 0.15) is 38.4 Å². The summed E-state index contributed by atoms with van der Waals surface area (Å²) in [4.78, 5) is 16.8. The largest absolute Gasteiger partial charge is 0.394 e. The first-order chi connectivity index (χ1) is 11.3. The summed E-state index contributed by atoms with van der Waals surface area (Å²) in [6, 6.07) is 7.97. The number of thiazole rings is 1. The van der Waals surface area contributed by atoms with Crippen molar-refractivity contribution in [1.29, 1.82) is 0 Å². The van der Waals surface area contributed by atoms with E-state index in [-0.39, 0.29) is 30.4 Å². The Kier molecular flexibility index (Phi) is 6.13. The molecule has 0 aliphatic heterocycles. The standard InChI is InChI=1S/C19H26N2O2S/c1-13-6-5-7-14(8-13)18-21-15(12-24-18)9-17(23)20-16(11-22)10-19(2,3)4/h5-8,12,16,22H,9-11H2,1-4H3,(H,20,23). The number of hydrogen-bond donors (Lipinski definition) is 2. The second-order valence-electron chi connectivity index (χ2n) is 7.40. The highest BCUT2D eigenvalue weighted by Gasteiger charge is 2.20. The number of carbonyl (C=O) groups is 1. The van der Waals surface area contributed by atoms with Crippen LogP contribution in [0.2, 0.25) is 0 Å². The second kappa shape index (κ2) is 7.90. The van der Waals surface area contributed by atoms with Gasteiger partial charge in [-0.25, -0.2) is 4.98 Å². The third-order valence-corrected chi connectivity index (χ3v) is 4.54. The van der Waals surface area contributed by atoms with Gasteiger partial charge in [0.05, 0.1) is 24.8 Å². The molecule has 1 unspecified atom stereocenters. The summed E-state index contributed by atoms with van der Waals surface area (Å²) in [6.07, 6.45) is 0.976. The molecule has 24 heavy (non-hydrogen) atoms. The molecular formula is C19H26N2O2S. The highest BCUT2D eigenvalue weighted by Crippen LogP contribution is 2.25. The molecule has 1 amide bonds. The quantitative estimate of drug-likeness (QED) is 0.840. The normalized spacial score (nSPS) is 12.9. The van der Waals surface area contributed by atoms with Crippen LogP contribution in [-0.2, 0) is 11.2 Å². The minimum atomic E-state index is -0.215. The number of carbonyl (C=O) groups excluding carboxylic acids is 1. The summed E-state index contributed by atoms with van der Waals surface area (Å²) < 4.78 is 0. The van der Waals surface area contributed by atoms with Crippen LogP contribution in [0.4, 0.5) is 0 Å². The molecule has 0 saturated carbocycles. The van der Waals surface area contributed by atoms with E-state index in [0.29, 0.717) is 0 Å². The lowest BCUT2D eigenvalue weighted by Crippen LogP contribution is -2.40. The first-order valence-corrected chi connectivity index (χ1v) is 9.06. The number of aromatic nitrogens is 1. The molecule has 5 heteroatoms. The minimum absolute atomic E-state index is 0.0470. The van der Waals surface area contributed by atoms with Crippen molar-refractivity contribution in [3.05, 3.63) is 40.9 Å². The van der Waals surface area contributed by atoms with E-state index in [1.165, 1.54) is 5.56 Å². The fourth-order valence-corrected chi connectivity index (χ4v) is 3.46. The van der Waals surface area contributed by atoms with E-state index in [1.807, 2.05) is 17.5 Å². The lowest BCUT2D eigenvalue weighted by atomic mass is 9.88. The molecular weight excluding hydrogens is 320 g/mol. The third-order valence-electron chi connectivity index (χ3n) is 3.60. The molecule has 2 aromatic rings. The molecule has 0 aliphatic rings. The molecule has 2 N–H and O–H groups in total. The van der Waals surface area contributed by atoms with Crippen molar-refractivity contribution >= 4 is 17.2 Å². The maximum atomic E-state index is 12.2. The molecule has 1 aromatic heterocycles. The lowest BCUT2D eigenvalue weighted by Gasteiger charge is -2.25. The van der Waals surface area contributed by atoms with Gasteiger partial charge in [0, 0.05) is 10.9 Å². The predicted octanol–water partition coefficient (Wildman–Crippen LogP) is 3.57. The van der Waals surface area contributed by atoms with Gasteiger partial charge in [-0.2, -0.15) is 0 Å². The molecule has 1 heterocycles. The highest BCUT2D eigenvalue weighted by atomic mass is 32.1. The highest BCUT2D eigenvalue weighted by molar-refractivity contribution is 7.13. The minimum Gasteiger partial charge on any atom is -0.394 e. The van der Waals surface area contributed by atoms with Gasteiger partial charge in [-0.3, -0.25) is 4.79 Å². The van der Waals surface area contributed by atoms with E-state index < -0.39 is 0 Å². The zero-order chi connectivity index (χ0) is 17.7. The summed E-state index contributed by atoms with van der Waals surface area (Å²) in [5, 5.41) is 15.2. The number of rotatable bonds is 6. The van der Waals surface area contributed by atoms with Gasteiger partial charge >= 0.3 is 0 Å². The predicted molar refractivity (Wildman–Crippen MR) is 99.1 cm³/mol. The summed E-state index contributed by atoms with van der Waals surface area (Å²) in [5.74, 6) is -0.0978. The molecule has 0 radical (unpaired) electrons. The van der Waals surface area contributed by atoms with Gasteiger partial charge in [-0.1, -0.05) is 44.5 Å². The Morgan fingerprint density at radius 1 is 1.38 bits per heavy atom. The summed E-state index contributed by atoms with van der Waals surface area (Å²) in [6.45, 7) is 8.29. The van der Waals surface area contributed by atoms with Crippen molar-refractivity contribution in [3.8, 4) is 10.6 Å². The zero-order valence-corrected chi connectivity index (χ0v) is 15.6. The summed E-state index contributed by atoms with van der Waals surface area (Å²) in [5.41, 5.74) is 3.09. The maximum Gasteiger partial charge on any atom is 0.226 e. The molecule has 0 bridgehead atoms. The molecule has 0 saturated heterocycles. The van der Waals surface area contributed by atoms with E-state index in [0.717, 1.165) is 22.7 Å².